The lowest BCUT2D eigenvalue weighted by molar-refractivity contribution is -0.137. The molecule has 0 heterocycles. The van der Waals surface area contributed by atoms with Crippen LogP contribution >= 0.6 is 15.9 Å². The van der Waals surface area contributed by atoms with E-state index < -0.39 is 5.97 Å². The van der Waals surface area contributed by atoms with Gasteiger partial charge in [0.1, 0.15) is 5.75 Å². The summed E-state index contributed by atoms with van der Waals surface area (Å²) in [7, 11) is 1.64. The molecule has 0 fully saturated rings. The number of methoxy groups -OCH3 is 1. The van der Waals surface area contributed by atoms with Gasteiger partial charge in [-0.3, -0.25) is 4.79 Å². The molecule has 0 saturated heterocycles. The molecule has 4 heteroatoms. The van der Waals surface area contributed by atoms with Crippen LogP contribution in [0.1, 0.15) is 24.0 Å². The Hall–Kier alpha value is -1.03. The fourth-order valence-electron chi connectivity index (χ4n) is 1.54. The minimum atomic E-state index is -0.754. The van der Waals surface area contributed by atoms with E-state index >= 15 is 0 Å². The number of rotatable bonds is 5. The van der Waals surface area contributed by atoms with Gasteiger partial charge in [-0.05, 0) is 43.0 Å². The summed E-state index contributed by atoms with van der Waals surface area (Å²) < 4.78 is 6.24. The van der Waals surface area contributed by atoms with E-state index in [0.29, 0.717) is 6.42 Å². The standard InChI is InChI=1S/C12H15BrO3/c1-8-6-10(13)9(7-11(8)16-2)4-3-5-12(14)15/h6-7H,3-5H2,1-2H3,(H,14,15). The van der Waals surface area contributed by atoms with Gasteiger partial charge >= 0.3 is 5.97 Å². The number of benzene rings is 1. The van der Waals surface area contributed by atoms with Crippen molar-refractivity contribution in [3.63, 3.8) is 0 Å². The third-order valence-corrected chi connectivity index (χ3v) is 3.14. The number of carbonyl (C=O) groups is 1. The molecule has 0 aromatic heterocycles. The SMILES string of the molecule is COc1cc(CCCC(=O)O)c(Br)cc1C. The van der Waals surface area contributed by atoms with Crippen molar-refractivity contribution in [1.82, 2.24) is 0 Å². The molecule has 0 atom stereocenters. The third kappa shape index (κ3) is 3.52. The maximum absolute atomic E-state index is 10.4. The van der Waals surface area contributed by atoms with Crippen molar-refractivity contribution in [2.75, 3.05) is 7.11 Å². The van der Waals surface area contributed by atoms with Gasteiger partial charge in [-0.2, -0.15) is 0 Å². The average Bonchev–Trinajstić information content (AvgIpc) is 2.20. The summed E-state index contributed by atoms with van der Waals surface area (Å²) in [6.07, 6.45) is 1.58. The lowest BCUT2D eigenvalue weighted by Crippen LogP contribution is -1.97. The van der Waals surface area contributed by atoms with Crippen molar-refractivity contribution < 1.29 is 14.6 Å². The normalized spacial score (nSPS) is 10.2. The van der Waals surface area contributed by atoms with Crippen molar-refractivity contribution >= 4 is 21.9 Å². The van der Waals surface area contributed by atoms with E-state index in [0.717, 1.165) is 27.8 Å². The van der Waals surface area contributed by atoms with Gasteiger partial charge in [0.05, 0.1) is 7.11 Å². The van der Waals surface area contributed by atoms with Gasteiger partial charge in [0.15, 0.2) is 0 Å². The van der Waals surface area contributed by atoms with Crippen LogP contribution in [0.25, 0.3) is 0 Å². The first kappa shape index (κ1) is 13.0. The van der Waals surface area contributed by atoms with Crippen molar-refractivity contribution in [1.29, 1.82) is 0 Å². The summed E-state index contributed by atoms with van der Waals surface area (Å²) >= 11 is 3.47. The number of hydrogen-bond donors (Lipinski definition) is 1. The molecule has 3 nitrogen and oxygen atoms in total. The monoisotopic (exact) mass is 286 g/mol. The highest BCUT2D eigenvalue weighted by Gasteiger charge is 2.06. The van der Waals surface area contributed by atoms with E-state index in [1.165, 1.54) is 0 Å². The Morgan fingerprint density at radius 1 is 1.50 bits per heavy atom. The first-order valence-corrected chi connectivity index (χ1v) is 5.88. The number of halogens is 1. The number of carboxylic acids is 1. The molecule has 0 aliphatic rings. The second-order valence-corrected chi connectivity index (χ2v) is 4.51. The molecule has 0 unspecified atom stereocenters. The zero-order chi connectivity index (χ0) is 12.1. The van der Waals surface area contributed by atoms with Crippen molar-refractivity contribution in [2.24, 2.45) is 0 Å². The molecular weight excluding hydrogens is 272 g/mol. The largest absolute Gasteiger partial charge is 0.496 e. The summed E-state index contributed by atoms with van der Waals surface area (Å²) in [6, 6.07) is 3.95. The summed E-state index contributed by atoms with van der Waals surface area (Å²) in [4.78, 5) is 10.4. The Kier molecular flexibility index (Phi) is 4.80. The number of ether oxygens (including phenoxy) is 1. The molecule has 1 N–H and O–H groups in total. The van der Waals surface area contributed by atoms with Gasteiger partial charge in [-0.25, -0.2) is 0 Å². The predicted octanol–water partition coefficient (Wildman–Crippen LogP) is 3.17. The van der Waals surface area contributed by atoms with Crippen LogP contribution in [0.4, 0.5) is 0 Å². The van der Waals surface area contributed by atoms with E-state index in [-0.39, 0.29) is 6.42 Å². The summed E-state index contributed by atoms with van der Waals surface area (Å²) in [5, 5.41) is 8.57. The Labute approximate surface area is 104 Å². The van der Waals surface area contributed by atoms with Gasteiger partial charge in [-0.1, -0.05) is 15.9 Å². The molecule has 0 aliphatic carbocycles. The van der Waals surface area contributed by atoms with E-state index in [4.69, 9.17) is 9.84 Å². The quantitative estimate of drug-likeness (QED) is 0.904. The van der Waals surface area contributed by atoms with Gasteiger partial charge in [-0.15, -0.1) is 0 Å². The van der Waals surface area contributed by atoms with Crippen LogP contribution in [-0.4, -0.2) is 18.2 Å². The fourth-order valence-corrected chi connectivity index (χ4v) is 2.19. The van der Waals surface area contributed by atoms with Crippen molar-refractivity contribution in [3.05, 3.63) is 27.7 Å². The third-order valence-electron chi connectivity index (χ3n) is 2.40. The lowest BCUT2D eigenvalue weighted by Gasteiger charge is -2.09. The summed E-state index contributed by atoms with van der Waals surface area (Å²) in [6.45, 7) is 1.98. The summed E-state index contributed by atoms with van der Waals surface area (Å²) in [5.74, 6) is 0.0868. The highest BCUT2D eigenvalue weighted by molar-refractivity contribution is 9.10. The molecule has 0 bridgehead atoms. The number of hydrogen-bond acceptors (Lipinski definition) is 2. The predicted molar refractivity (Wildman–Crippen MR) is 66.0 cm³/mol. The van der Waals surface area contributed by atoms with Crippen LogP contribution in [0, 0.1) is 6.92 Å². The molecule has 1 aromatic rings. The molecule has 0 aliphatic heterocycles. The maximum atomic E-state index is 10.4. The van der Waals surface area contributed by atoms with Gasteiger partial charge in [0.25, 0.3) is 0 Å². The molecule has 0 spiro atoms. The van der Waals surface area contributed by atoms with Crippen LogP contribution in [-0.2, 0) is 11.2 Å². The van der Waals surface area contributed by atoms with Crippen LogP contribution in [0.5, 0.6) is 5.75 Å². The lowest BCUT2D eigenvalue weighted by atomic mass is 10.1. The Balaban J connectivity index is 2.75. The van der Waals surface area contributed by atoms with Gasteiger partial charge in [0, 0.05) is 10.9 Å². The molecule has 1 aromatic carbocycles. The van der Waals surface area contributed by atoms with Crippen LogP contribution in [0.2, 0.25) is 0 Å². The van der Waals surface area contributed by atoms with E-state index in [9.17, 15) is 4.79 Å². The van der Waals surface area contributed by atoms with Crippen LogP contribution in [0.15, 0.2) is 16.6 Å². The number of aliphatic carboxylic acids is 1. The van der Waals surface area contributed by atoms with Crippen LogP contribution < -0.4 is 4.74 Å². The highest BCUT2D eigenvalue weighted by Crippen LogP contribution is 2.27. The first-order valence-electron chi connectivity index (χ1n) is 5.09. The van der Waals surface area contributed by atoms with E-state index in [1.807, 2.05) is 19.1 Å². The molecular formula is C12H15BrO3. The molecule has 16 heavy (non-hydrogen) atoms. The Bertz CT molecular complexity index is 388. The topological polar surface area (TPSA) is 46.5 Å². The minimum Gasteiger partial charge on any atom is -0.496 e. The van der Waals surface area contributed by atoms with Gasteiger partial charge < -0.3 is 9.84 Å². The summed E-state index contributed by atoms with van der Waals surface area (Å²) in [5.41, 5.74) is 2.15. The molecule has 0 radical (unpaired) electrons. The Morgan fingerprint density at radius 2 is 2.19 bits per heavy atom. The Morgan fingerprint density at radius 3 is 2.75 bits per heavy atom. The molecule has 0 saturated carbocycles. The van der Waals surface area contributed by atoms with E-state index in [1.54, 1.807) is 7.11 Å². The van der Waals surface area contributed by atoms with Crippen LogP contribution in [0.3, 0.4) is 0 Å². The second kappa shape index (κ2) is 5.89. The number of aryl methyl sites for hydroxylation is 2. The first-order chi connectivity index (χ1) is 7.54. The zero-order valence-corrected chi connectivity index (χ0v) is 11.0. The average molecular weight is 287 g/mol. The molecule has 1 rings (SSSR count). The van der Waals surface area contributed by atoms with Gasteiger partial charge in [0.2, 0.25) is 0 Å². The molecule has 88 valence electrons. The smallest absolute Gasteiger partial charge is 0.303 e. The highest BCUT2D eigenvalue weighted by atomic mass is 79.9. The zero-order valence-electron chi connectivity index (χ0n) is 9.42. The number of carboxylic acid groups (broad SMARTS) is 1. The van der Waals surface area contributed by atoms with E-state index in [2.05, 4.69) is 15.9 Å². The molecule has 0 amide bonds. The fraction of sp³-hybridized carbons (Fsp3) is 0.417. The maximum Gasteiger partial charge on any atom is 0.303 e. The van der Waals surface area contributed by atoms with Crippen molar-refractivity contribution in [3.8, 4) is 5.75 Å². The van der Waals surface area contributed by atoms with Crippen molar-refractivity contribution in [2.45, 2.75) is 26.2 Å². The minimum absolute atomic E-state index is 0.197. The second-order valence-electron chi connectivity index (χ2n) is 3.66.